The molecule has 3 aliphatic rings. The minimum Gasteiger partial charge on any atom is -0.379 e. The molecule has 0 aromatic heterocycles. The molecule has 1 atom stereocenters. The smallest absolute Gasteiger partial charge is 0.232 e. The topological polar surface area (TPSA) is 76.9 Å². The fraction of sp³-hybridized carbons (Fsp3) is 0.444. The zero-order valence-electron chi connectivity index (χ0n) is 19.8. The highest BCUT2D eigenvalue weighted by molar-refractivity contribution is 6.05. The molecule has 2 aromatic carbocycles. The molecular formula is C27H30N4O3. The lowest BCUT2D eigenvalue weighted by molar-refractivity contribution is -0.124. The Labute approximate surface area is 200 Å². The quantitative estimate of drug-likeness (QED) is 0.704. The summed E-state index contributed by atoms with van der Waals surface area (Å²) in [4.78, 5) is 32.3. The van der Waals surface area contributed by atoms with Gasteiger partial charge in [0.2, 0.25) is 11.8 Å². The molecule has 0 spiro atoms. The van der Waals surface area contributed by atoms with Gasteiger partial charge in [0.15, 0.2) is 0 Å². The predicted molar refractivity (Wildman–Crippen MR) is 130 cm³/mol. The van der Waals surface area contributed by atoms with Crippen LogP contribution in [0.2, 0.25) is 0 Å². The van der Waals surface area contributed by atoms with E-state index in [-0.39, 0.29) is 23.7 Å². The first-order valence-corrected chi connectivity index (χ1v) is 11.9. The number of nitriles is 1. The van der Waals surface area contributed by atoms with Crippen LogP contribution in [0.3, 0.4) is 0 Å². The number of morpholine rings is 1. The first kappa shape index (κ1) is 22.6. The van der Waals surface area contributed by atoms with Gasteiger partial charge in [-0.2, -0.15) is 5.26 Å². The van der Waals surface area contributed by atoms with Crippen LogP contribution in [0.15, 0.2) is 42.5 Å². The van der Waals surface area contributed by atoms with Gasteiger partial charge in [0, 0.05) is 55.9 Å². The summed E-state index contributed by atoms with van der Waals surface area (Å²) < 4.78 is 5.46. The summed E-state index contributed by atoms with van der Waals surface area (Å²) in [5, 5.41) is 9.19. The number of fused-ring (bicyclic) bond motifs is 1. The van der Waals surface area contributed by atoms with Gasteiger partial charge in [-0.25, -0.2) is 0 Å². The maximum Gasteiger partial charge on any atom is 0.232 e. The molecule has 2 saturated heterocycles. The van der Waals surface area contributed by atoms with Crippen molar-refractivity contribution in [3.63, 3.8) is 0 Å². The van der Waals surface area contributed by atoms with Crippen molar-refractivity contribution < 1.29 is 14.3 Å². The van der Waals surface area contributed by atoms with Crippen molar-refractivity contribution in [3.05, 3.63) is 59.2 Å². The van der Waals surface area contributed by atoms with Crippen LogP contribution in [0.5, 0.6) is 0 Å². The number of hydrogen-bond donors (Lipinski definition) is 0. The number of carbonyl (C=O) groups is 2. The number of rotatable bonds is 4. The maximum atomic E-state index is 13.6. The van der Waals surface area contributed by atoms with Gasteiger partial charge in [0.1, 0.15) is 0 Å². The summed E-state index contributed by atoms with van der Waals surface area (Å²) in [5.41, 5.74) is 4.42. The predicted octanol–water partition coefficient (Wildman–Crippen LogP) is 3.07. The molecular weight excluding hydrogens is 428 g/mol. The molecule has 34 heavy (non-hydrogen) atoms. The van der Waals surface area contributed by atoms with Gasteiger partial charge in [-0.3, -0.25) is 14.5 Å². The number of ether oxygens (including phenoxy) is 1. The molecule has 176 valence electrons. The van der Waals surface area contributed by atoms with E-state index in [0.29, 0.717) is 24.3 Å². The average Bonchev–Trinajstić information content (AvgIpc) is 3.36. The molecule has 0 radical (unpaired) electrons. The van der Waals surface area contributed by atoms with Crippen LogP contribution in [0, 0.1) is 17.2 Å². The Bertz CT molecular complexity index is 1160. The Morgan fingerprint density at radius 1 is 1.18 bits per heavy atom. The van der Waals surface area contributed by atoms with Crippen LogP contribution in [0.1, 0.15) is 37.0 Å². The van der Waals surface area contributed by atoms with Crippen molar-refractivity contribution in [1.29, 1.82) is 5.26 Å². The van der Waals surface area contributed by atoms with E-state index in [1.807, 2.05) is 11.0 Å². The van der Waals surface area contributed by atoms with E-state index in [9.17, 15) is 14.9 Å². The van der Waals surface area contributed by atoms with Crippen molar-refractivity contribution in [2.24, 2.45) is 5.92 Å². The standard InChI is InChI=1S/C27H30N4O3/c1-27(2)18-31(24-7-6-20(13-23(24)27)16-29-8-10-34-11-9-29)26(33)21-14-25(32)30(17-21)22-5-3-4-19(12-22)15-28/h3-7,12-13,21H,8-11,14,16-18H2,1-2H3. The third kappa shape index (κ3) is 4.20. The maximum absolute atomic E-state index is 13.6. The van der Waals surface area contributed by atoms with Crippen LogP contribution < -0.4 is 9.80 Å². The summed E-state index contributed by atoms with van der Waals surface area (Å²) in [5.74, 6) is -0.471. The summed E-state index contributed by atoms with van der Waals surface area (Å²) in [6.07, 6.45) is 0.191. The molecule has 5 rings (SSSR count). The largest absolute Gasteiger partial charge is 0.379 e. The van der Waals surface area contributed by atoms with Crippen LogP contribution in [0.25, 0.3) is 0 Å². The lowest BCUT2D eigenvalue weighted by Gasteiger charge is -2.27. The van der Waals surface area contributed by atoms with Crippen molar-refractivity contribution in [2.75, 3.05) is 49.2 Å². The molecule has 7 heteroatoms. The zero-order valence-corrected chi connectivity index (χ0v) is 19.8. The van der Waals surface area contributed by atoms with Crippen molar-refractivity contribution in [3.8, 4) is 6.07 Å². The molecule has 0 aliphatic carbocycles. The number of amides is 2. The fourth-order valence-corrected chi connectivity index (χ4v) is 5.33. The van der Waals surface area contributed by atoms with Crippen molar-refractivity contribution >= 4 is 23.2 Å². The Morgan fingerprint density at radius 2 is 1.97 bits per heavy atom. The van der Waals surface area contributed by atoms with Crippen molar-refractivity contribution in [1.82, 2.24) is 4.90 Å². The molecule has 7 nitrogen and oxygen atoms in total. The minimum absolute atomic E-state index is 0.0000389. The Kier molecular flexibility index (Phi) is 5.88. The van der Waals surface area contributed by atoms with Crippen LogP contribution in [-0.4, -0.2) is 56.1 Å². The van der Waals surface area contributed by atoms with E-state index in [2.05, 4.69) is 43.0 Å². The molecule has 1 unspecified atom stereocenters. The lowest BCUT2D eigenvalue weighted by Crippen LogP contribution is -2.39. The average molecular weight is 459 g/mol. The van der Waals surface area contributed by atoms with Gasteiger partial charge >= 0.3 is 0 Å². The second-order valence-corrected chi connectivity index (χ2v) is 10.1. The van der Waals surface area contributed by atoms with Crippen LogP contribution in [0.4, 0.5) is 11.4 Å². The first-order chi connectivity index (χ1) is 16.4. The highest BCUT2D eigenvalue weighted by atomic mass is 16.5. The molecule has 0 N–H and O–H groups in total. The first-order valence-electron chi connectivity index (χ1n) is 11.9. The summed E-state index contributed by atoms with van der Waals surface area (Å²) in [6.45, 7) is 9.61. The third-order valence-electron chi connectivity index (χ3n) is 7.17. The van der Waals surface area contributed by atoms with Gasteiger partial charge in [-0.1, -0.05) is 32.0 Å². The fourth-order valence-electron chi connectivity index (χ4n) is 5.33. The second kappa shape index (κ2) is 8.86. The second-order valence-electron chi connectivity index (χ2n) is 10.1. The lowest BCUT2D eigenvalue weighted by atomic mass is 9.86. The van der Waals surface area contributed by atoms with E-state index in [1.54, 1.807) is 23.1 Å². The van der Waals surface area contributed by atoms with E-state index < -0.39 is 5.92 Å². The zero-order chi connectivity index (χ0) is 23.9. The molecule has 0 bridgehead atoms. The highest BCUT2D eigenvalue weighted by Gasteiger charge is 2.43. The number of benzene rings is 2. The normalized spacial score (nSPS) is 22.0. The molecule has 2 aromatic rings. The number of hydrogen-bond acceptors (Lipinski definition) is 5. The summed E-state index contributed by atoms with van der Waals surface area (Å²) >= 11 is 0. The van der Waals surface area contributed by atoms with Gasteiger partial charge in [0.25, 0.3) is 0 Å². The van der Waals surface area contributed by atoms with E-state index in [0.717, 1.165) is 38.5 Å². The van der Waals surface area contributed by atoms with E-state index in [1.165, 1.54) is 11.1 Å². The monoisotopic (exact) mass is 458 g/mol. The van der Waals surface area contributed by atoms with Crippen LogP contribution in [-0.2, 0) is 26.3 Å². The van der Waals surface area contributed by atoms with Crippen molar-refractivity contribution in [2.45, 2.75) is 32.2 Å². The number of carbonyl (C=O) groups excluding carboxylic acids is 2. The molecule has 0 saturated carbocycles. The molecule has 3 heterocycles. The SMILES string of the molecule is CC1(C)CN(C(=O)C2CC(=O)N(c3cccc(C#N)c3)C2)c2ccc(CN3CCOCC3)cc21. The minimum atomic E-state index is -0.395. The number of nitrogens with zero attached hydrogens (tertiary/aromatic N) is 4. The third-order valence-corrected chi connectivity index (χ3v) is 7.17. The Morgan fingerprint density at radius 3 is 2.74 bits per heavy atom. The Hall–Kier alpha value is -3.21. The van der Waals surface area contributed by atoms with E-state index >= 15 is 0 Å². The van der Waals surface area contributed by atoms with E-state index in [4.69, 9.17) is 4.74 Å². The molecule has 3 aliphatic heterocycles. The van der Waals surface area contributed by atoms with Gasteiger partial charge in [-0.15, -0.1) is 0 Å². The van der Waals surface area contributed by atoms with Gasteiger partial charge in [0.05, 0.1) is 30.8 Å². The summed E-state index contributed by atoms with van der Waals surface area (Å²) in [7, 11) is 0. The molecule has 2 amide bonds. The van der Waals surface area contributed by atoms with Crippen LogP contribution >= 0.6 is 0 Å². The summed E-state index contributed by atoms with van der Waals surface area (Å²) in [6, 6.07) is 15.6. The van der Waals surface area contributed by atoms with Gasteiger partial charge in [-0.05, 0) is 35.4 Å². The number of anilines is 2. The van der Waals surface area contributed by atoms with Gasteiger partial charge < -0.3 is 14.5 Å². The molecule has 2 fully saturated rings. The Balaban J connectivity index is 1.34. The highest BCUT2D eigenvalue weighted by Crippen LogP contribution is 2.42.